The van der Waals surface area contributed by atoms with Gasteiger partial charge in [-0.05, 0) is 35.4 Å². The highest BCUT2D eigenvalue weighted by molar-refractivity contribution is 6.30. The van der Waals surface area contributed by atoms with E-state index in [2.05, 4.69) is 39.0 Å². The first kappa shape index (κ1) is 18.9. The number of imidazole rings is 1. The van der Waals surface area contributed by atoms with Crippen molar-refractivity contribution < 1.29 is 4.79 Å². The third-order valence-corrected chi connectivity index (χ3v) is 5.69. The van der Waals surface area contributed by atoms with Gasteiger partial charge in [-0.15, -0.1) is 0 Å². The fourth-order valence-corrected chi connectivity index (χ4v) is 4.05. The number of pyridine rings is 1. The van der Waals surface area contributed by atoms with E-state index in [1.165, 1.54) is 0 Å². The SMILES string of the molecule is O=C1CN(Cc2c(-c3ccc(Cl)cc3)nc3ccc(-c4ccccc4)cn23)CCN1. The summed E-state index contributed by atoms with van der Waals surface area (Å²) in [5.41, 5.74) is 6.17. The van der Waals surface area contributed by atoms with Crippen LogP contribution in [0.1, 0.15) is 5.69 Å². The fourth-order valence-electron chi connectivity index (χ4n) is 3.92. The van der Waals surface area contributed by atoms with E-state index in [9.17, 15) is 4.79 Å². The van der Waals surface area contributed by atoms with Crippen molar-refractivity contribution in [2.75, 3.05) is 19.6 Å². The van der Waals surface area contributed by atoms with Crippen LogP contribution in [-0.2, 0) is 11.3 Å². The quantitative estimate of drug-likeness (QED) is 0.541. The molecule has 150 valence electrons. The molecule has 0 radical (unpaired) electrons. The lowest BCUT2D eigenvalue weighted by molar-refractivity contribution is -0.124. The van der Waals surface area contributed by atoms with E-state index >= 15 is 0 Å². The number of piperazine rings is 1. The van der Waals surface area contributed by atoms with Crippen molar-refractivity contribution in [3.63, 3.8) is 0 Å². The molecule has 30 heavy (non-hydrogen) atoms. The summed E-state index contributed by atoms with van der Waals surface area (Å²) in [6.45, 7) is 2.52. The molecule has 0 saturated carbocycles. The predicted octanol–water partition coefficient (Wildman–Crippen LogP) is 4.25. The molecule has 1 aliphatic rings. The average molecular weight is 417 g/mol. The van der Waals surface area contributed by atoms with Crippen LogP contribution in [-0.4, -0.2) is 39.8 Å². The highest BCUT2D eigenvalue weighted by Gasteiger charge is 2.21. The maximum Gasteiger partial charge on any atom is 0.234 e. The van der Waals surface area contributed by atoms with Gasteiger partial charge in [-0.1, -0.05) is 54.1 Å². The minimum absolute atomic E-state index is 0.0630. The Bertz CT molecular complexity index is 1200. The first-order valence-electron chi connectivity index (χ1n) is 9.99. The first-order chi connectivity index (χ1) is 14.7. The third-order valence-electron chi connectivity index (χ3n) is 5.43. The number of halogens is 1. The third kappa shape index (κ3) is 3.70. The Labute approximate surface area is 179 Å². The Morgan fingerprint density at radius 3 is 2.47 bits per heavy atom. The number of rotatable bonds is 4. The van der Waals surface area contributed by atoms with Crippen LogP contribution in [0, 0.1) is 0 Å². The lowest BCUT2D eigenvalue weighted by Gasteiger charge is -2.26. The summed E-state index contributed by atoms with van der Waals surface area (Å²) in [4.78, 5) is 19.0. The second kappa shape index (κ2) is 7.94. The second-order valence-electron chi connectivity index (χ2n) is 7.49. The first-order valence-corrected chi connectivity index (χ1v) is 10.4. The number of benzene rings is 2. The molecule has 1 aliphatic heterocycles. The molecule has 4 aromatic rings. The lowest BCUT2D eigenvalue weighted by Crippen LogP contribution is -2.47. The van der Waals surface area contributed by atoms with Crippen molar-refractivity contribution in [3.05, 3.63) is 83.6 Å². The van der Waals surface area contributed by atoms with E-state index in [0.29, 0.717) is 24.7 Å². The van der Waals surface area contributed by atoms with E-state index < -0.39 is 0 Å². The number of hydrogen-bond donors (Lipinski definition) is 1. The Morgan fingerprint density at radius 2 is 1.70 bits per heavy atom. The van der Waals surface area contributed by atoms with Gasteiger partial charge in [0.15, 0.2) is 0 Å². The van der Waals surface area contributed by atoms with Crippen molar-refractivity contribution in [1.82, 2.24) is 19.6 Å². The number of carbonyl (C=O) groups excluding carboxylic acids is 1. The number of aromatic nitrogens is 2. The maximum absolute atomic E-state index is 11.9. The van der Waals surface area contributed by atoms with E-state index in [4.69, 9.17) is 16.6 Å². The van der Waals surface area contributed by atoms with Gasteiger partial charge in [0.2, 0.25) is 5.91 Å². The number of nitrogens with zero attached hydrogens (tertiary/aromatic N) is 3. The van der Waals surface area contributed by atoms with E-state index in [0.717, 1.165) is 40.3 Å². The summed E-state index contributed by atoms with van der Waals surface area (Å²) in [5, 5.41) is 3.59. The van der Waals surface area contributed by atoms with Crippen LogP contribution < -0.4 is 5.32 Å². The molecule has 5 nitrogen and oxygen atoms in total. The fraction of sp³-hybridized carbons (Fsp3) is 0.167. The van der Waals surface area contributed by atoms with E-state index in [-0.39, 0.29) is 5.91 Å². The zero-order valence-electron chi connectivity index (χ0n) is 16.4. The van der Waals surface area contributed by atoms with Gasteiger partial charge in [-0.2, -0.15) is 0 Å². The predicted molar refractivity (Wildman–Crippen MR) is 119 cm³/mol. The molecule has 2 aromatic carbocycles. The molecule has 6 heteroatoms. The van der Waals surface area contributed by atoms with Crippen molar-refractivity contribution >= 4 is 23.2 Å². The van der Waals surface area contributed by atoms with Gasteiger partial charge < -0.3 is 9.72 Å². The number of carbonyl (C=O) groups is 1. The van der Waals surface area contributed by atoms with Crippen LogP contribution in [0.2, 0.25) is 5.02 Å². The highest BCUT2D eigenvalue weighted by atomic mass is 35.5. The van der Waals surface area contributed by atoms with Gasteiger partial charge in [-0.25, -0.2) is 4.98 Å². The Balaban J connectivity index is 1.64. The van der Waals surface area contributed by atoms with Crippen molar-refractivity contribution in [3.8, 4) is 22.4 Å². The summed E-state index contributed by atoms with van der Waals surface area (Å²) >= 11 is 6.10. The highest BCUT2D eigenvalue weighted by Crippen LogP contribution is 2.29. The molecule has 1 N–H and O–H groups in total. The van der Waals surface area contributed by atoms with Crippen molar-refractivity contribution in [2.45, 2.75) is 6.54 Å². The second-order valence-corrected chi connectivity index (χ2v) is 7.92. The van der Waals surface area contributed by atoms with Crippen LogP contribution in [0.15, 0.2) is 72.9 Å². The number of fused-ring (bicyclic) bond motifs is 1. The molecule has 1 saturated heterocycles. The van der Waals surface area contributed by atoms with E-state index in [1.807, 2.05) is 48.5 Å². The van der Waals surface area contributed by atoms with Crippen LogP contribution in [0.3, 0.4) is 0 Å². The van der Waals surface area contributed by atoms with Gasteiger partial charge >= 0.3 is 0 Å². The minimum atomic E-state index is 0.0630. The molecule has 5 rings (SSSR count). The summed E-state index contributed by atoms with van der Waals surface area (Å²) in [6, 6.07) is 22.2. The number of hydrogen-bond acceptors (Lipinski definition) is 3. The minimum Gasteiger partial charge on any atom is -0.354 e. The molecule has 2 aromatic heterocycles. The Kier molecular flexibility index (Phi) is 4.99. The summed E-state index contributed by atoms with van der Waals surface area (Å²) in [6.07, 6.45) is 2.14. The van der Waals surface area contributed by atoms with Gasteiger partial charge in [0.25, 0.3) is 0 Å². The molecular formula is C24H21ClN4O. The van der Waals surface area contributed by atoms with Crippen LogP contribution >= 0.6 is 11.6 Å². The summed E-state index contributed by atoms with van der Waals surface area (Å²) in [5.74, 6) is 0.0630. The normalized spacial score (nSPS) is 14.8. The summed E-state index contributed by atoms with van der Waals surface area (Å²) < 4.78 is 2.15. The van der Waals surface area contributed by atoms with Gasteiger partial charge in [0, 0.05) is 36.4 Å². The Hall–Kier alpha value is -3.15. The van der Waals surface area contributed by atoms with Crippen molar-refractivity contribution in [2.24, 2.45) is 0 Å². The molecule has 0 spiro atoms. The molecule has 0 bridgehead atoms. The maximum atomic E-state index is 11.9. The van der Waals surface area contributed by atoms with Gasteiger partial charge in [0.05, 0.1) is 17.9 Å². The monoisotopic (exact) mass is 416 g/mol. The zero-order valence-corrected chi connectivity index (χ0v) is 17.1. The topological polar surface area (TPSA) is 49.6 Å². The average Bonchev–Trinajstić information content (AvgIpc) is 3.12. The number of amides is 1. The van der Waals surface area contributed by atoms with Gasteiger partial charge in [-0.3, -0.25) is 9.69 Å². The van der Waals surface area contributed by atoms with Gasteiger partial charge in [0.1, 0.15) is 5.65 Å². The molecule has 1 amide bonds. The molecule has 0 atom stereocenters. The molecule has 3 heterocycles. The molecule has 0 unspecified atom stereocenters. The number of nitrogens with one attached hydrogen (secondary N) is 1. The molecule has 1 fully saturated rings. The lowest BCUT2D eigenvalue weighted by atomic mass is 10.1. The van der Waals surface area contributed by atoms with Crippen LogP contribution in [0.4, 0.5) is 0 Å². The van der Waals surface area contributed by atoms with Crippen LogP contribution in [0.25, 0.3) is 28.0 Å². The smallest absolute Gasteiger partial charge is 0.234 e. The summed E-state index contributed by atoms with van der Waals surface area (Å²) in [7, 11) is 0. The van der Waals surface area contributed by atoms with Crippen molar-refractivity contribution in [1.29, 1.82) is 0 Å². The van der Waals surface area contributed by atoms with Crippen LogP contribution in [0.5, 0.6) is 0 Å². The van der Waals surface area contributed by atoms with E-state index in [1.54, 1.807) is 0 Å². The standard InChI is InChI=1S/C24H21ClN4O/c25-20-9-6-18(7-10-20)24-21(15-28-13-12-26-23(30)16-28)29-14-19(8-11-22(29)27-24)17-4-2-1-3-5-17/h1-11,14H,12-13,15-16H2,(H,26,30). The molecular weight excluding hydrogens is 396 g/mol. The Morgan fingerprint density at radius 1 is 0.933 bits per heavy atom. The zero-order chi connectivity index (χ0) is 20.5. The largest absolute Gasteiger partial charge is 0.354 e. The molecule has 0 aliphatic carbocycles.